The van der Waals surface area contributed by atoms with Gasteiger partial charge in [-0.25, -0.2) is 9.59 Å². The summed E-state index contributed by atoms with van der Waals surface area (Å²) in [5.41, 5.74) is 0. The van der Waals surface area contributed by atoms with Crippen LogP contribution in [0, 0.1) is 0 Å². The molecule has 146 valence electrons. The second-order valence-corrected chi connectivity index (χ2v) is 7.56. The van der Waals surface area contributed by atoms with Crippen molar-refractivity contribution < 1.29 is 29.4 Å². The number of amides is 4. The Labute approximate surface area is 154 Å². The van der Waals surface area contributed by atoms with E-state index < -0.39 is 24.5 Å². The van der Waals surface area contributed by atoms with Crippen molar-refractivity contribution in [2.45, 2.75) is 49.1 Å². The summed E-state index contributed by atoms with van der Waals surface area (Å²) in [7, 11) is 0. The van der Waals surface area contributed by atoms with Crippen LogP contribution in [-0.4, -0.2) is 76.3 Å². The molecule has 0 radical (unpaired) electrons. The number of urea groups is 1. The van der Waals surface area contributed by atoms with Crippen molar-refractivity contribution in [2.75, 3.05) is 18.9 Å². The Morgan fingerprint density at radius 1 is 1.23 bits per heavy atom. The predicted octanol–water partition coefficient (Wildman–Crippen LogP) is -1.61. The van der Waals surface area contributed by atoms with Crippen LogP contribution in [0.25, 0.3) is 0 Å². The van der Waals surface area contributed by atoms with E-state index in [0.717, 1.165) is 18.6 Å². The van der Waals surface area contributed by atoms with E-state index in [-0.39, 0.29) is 37.0 Å². The fourth-order valence-corrected chi connectivity index (χ4v) is 4.52. The van der Waals surface area contributed by atoms with E-state index in [1.165, 1.54) is 0 Å². The van der Waals surface area contributed by atoms with Crippen LogP contribution in [0.15, 0.2) is 0 Å². The van der Waals surface area contributed by atoms with Gasteiger partial charge in [0.1, 0.15) is 6.04 Å². The third kappa shape index (κ3) is 5.77. The smallest absolute Gasteiger partial charge is 0.328 e. The molecule has 2 fully saturated rings. The quantitative estimate of drug-likeness (QED) is 0.194. The summed E-state index contributed by atoms with van der Waals surface area (Å²) in [4.78, 5) is 45.2. The molecule has 0 aromatic heterocycles. The first-order valence-electron chi connectivity index (χ1n) is 8.49. The lowest BCUT2D eigenvalue weighted by atomic mass is 10.0. The molecule has 2 aliphatic rings. The monoisotopic (exact) mass is 388 g/mol. The summed E-state index contributed by atoms with van der Waals surface area (Å²) in [6, 6.07) is -1.15. The Morgan fingerprint density at radius 2 is 2.00 bits per heavy atom. The average Bonchev–Trinajstić information content (AvgIpc) is 3.13. The number of carbonyl (C=O) groups excluding carboxylic acids is 3. The number of thioether (sulfide) groups is 1. The molecule has 0 unspecified atom stereocenters. The number of rotatable bonds is 10. The first-order valence-corrected chi connectivity index (χ1v) is 9.54. The van der Waals surface area contributed by atoms with Gasteiger partial charge < -0.3 is 31.5 Å². The van der Waals surface area contributed by atoms with Gasteiger partial charge in [-0.05, 0) is 12.8 Å². The molecule has 6 N–H and O–H groups in total. The lowest BCUT2D eigenvalue weighted by Gasteiger charge is -2.16. The molecule has 2 heterocycles. The number of carboxylic acids is 1. The van der Waals surface area contributed by atoms with Gasteiger partial charge in [0, 0.05) is 17.4 Å². The van der Waals surface area contributed by atoms with Gasteiger partial charge >= 0.3 is 12.0 Å². The average molecular weight is 388 g/mol. The molecule has 0 saturated carbocycles. The Morgan fingerprint density at radius 3 is 2.69 bits per heavy atom. The molecule has 11 heteroatoms. The molecule has 2 aliphatic heterocycles. The molecule has 2 rings (SSSR count). The first kappa shape index (κ1) is 20.3. The van der Waals surface area contributed by atoms with Gasteiger partial charge in [0.15, 0.2) is 0 Å². The minimum absolute atomic E-state index is 0.116. The second-order valence-electron chi connectivity index (χ2n) is 6.29. The highest BCUT2D eigenvalue weighted by Crippen LogP contribution is 2.33. The highest BCUT2D eigenvalue weighted by atomic mass is 32.2. The maximum atomic E-state index is 11.7. The zero-order valence-electron chi connectivity index (χ0n) is 14.2. The summed E-state index contributed by atoms with van der Waals surface area (Å²) in [5.74, 6) is -1.40. The third-order valence-corrected chi connectivity index (χ3v) is 5.85. The molecule has 10 nitrogen and oxygen atoms in total. The molecular formula is C15H24N4O6S. The van der Waals surface area contributed by atoms with Crippen LogP contribution in [0.2, 0.25) is 0 Å². The van der Waals surface area contributed by atoms with Crippen LogP contribution in [0.5, 0.6) is 0 Å². The molecule has 0 aromatic rings. The van der Waals surface area contributed by atoms with Crippen molar-refractivity contribution in [2.24, 2.45) is 0 Å². The number of aliphatic carboxylic acids is 1. The van der Waals surface area contributed by atoms with Gasteiger partial charge in [-0.3, -0.25) is 9.59 Å². The van der Waals surface area contributed by atoms with Crippen molar-refractivity contribution >= 4 is 35.6 Å². The fraction of sp³-hybridized carbons (Fsp3) is 0.733. The molecule has 4 atom stereocenters. The fourth-order valence-electron chi connectivity index (χ4n) is 2.97. The summed E-state index contributed by atoms with van der Waals surface area (Å²) in [6.07, 6.45) is 2.67. The number of fused-ring (bicyclic) bond motifs is 1. The summed E-state index contributed by atoms with van der Waals surface area (Å²) in [5, 5.41) is 28.2. The molecular weight excluding hydrogens is 364 g/mol. The van der Waals surface area contributed by atoms with Gasteiger partial charge in [0.05, 0.1) is 25.2 Å². The normalized spacial score (nSPS) is 25.0. The Bertz CT molecular complexity index is 560. The maximum absolute atomic E-state index is 11.7. The van der Waals surface area contributed by atoms with Crippen LogP contribution in [-0.2, 0) is 14.4 Å². The predicted molar refractivity (Wildman–Crippen MR) is 93.6 cm³/mol. The topological polar surface area (TPSA) is 157 Å². The lowest BCUT2D eigenvalue weighted by Crippen LogP contribution is -2.47. The zero-order valence-corrected chi connectivity index (χ0v) is 15.0. The Balaban J connectivity index is 1.56. The number of unbranched alkanes of at least 4 members (excludes halogenated alkanes) is 1. The largest absolute Gasteiger partial charge is 0.480 e. The van der Waals surface area contributed by atoms with Crippen molar-refractivity contribution in [3.8, 4) is 0 Å². The first-order chi connectivity index (χ1) is 12.4. The van der Waals surface area contributed by atoms with Gasteiger partial charge in [-0.15, -0.1) is 0 Å². The number of nitrogens with one attached hydrogen (secondary N) is 4. The minimum Gasteiger partial charge on any atom is -0.480 e. The van der Waals surface area contributed by atoms with Crippen molar-refractivity contribution in [3.63, 3.8) is 0 Å². The van der Waals surface area contributed by atoms with E-state index >= 15 is 0 Å². The molecule has 0 aromatic carbocycles. The molecule has 26 heavy (non-hydrogen) atoms. The van der Waals surface area contributed by atoms with Crippen LogP contribution < -0.4 is 21.3 Å². The summed E-state index contributed by atoms with van der Waals surface area (Å²) < 4.78 is 0. The van der Waals surface area contributed by atoms with Crippen LogP contribution in [0.3, 0.4) is 0 Å². The van der Waals surface area contributed by atoms with E-state index in [4.69, 9.17) is 10.2 Å². The van der Waals surface area contributed by atoms with Crippen LogP contribution >= 0.6 is 11.8 Å². The molecule has 2 saturated heterocycles. The van der Waals surface area contributed by atoms with Gasteiger partial charge in [0.2, 0.25) is 11.8 Å². The van der Waals surface area contributed by atoms with E-state index in [0.29, 0.717) is 11.7 Å². The number of aliphatic hydroxyl groups is 1. The van der Waals surface area contributed by atoms with Crippen LogP contribution in [0.4, 0.5) is 4.79 Å². The van der Waals surface area contributed by atoms with Crippen molar-refractivity contribution in [1.82, 2.24) is 21.3 Å². The lowest BCUT2D eigenvalue weighted by molar-refractivity contribution is -0.142. The molecule has 0 aliphatic carbocycles. The molecule has 0 bridgehead atoms. The molecule has 4 amide bonds. The minimum atomic E-state index is -1.38. The van der Waals surface area contributed by atoms with E-state index in [1.54, 1.807) is 0 Å². The van der Waals surface area contributed by atoms with E-state index in [2.05, 4.69) is 21.3 Å². The van der Waals surface area contributed by atoms with E-state index in [1.807, 2.05) is 11.8 Å². The second kappa shape index (κ2) is 9.62. The summed E-state index contributed by atoms with van der Waals surface area (Å²) in [6.45, 7) is -1.05. The van der Waals surface area contributed by atoms with Gasteiger partial charge in [-0.1, -0.05) is 6.42 Å². The number of carbonyl (C=O) groups is 4. The Kier molecular flexibility index (Phi) is 7.51. The third-order valence-electron chi connectivity index (χ3n) is 4.34. The Hall–Kier alpha value is -2.01. The van der Waals surface area contributed by atoms with E-state index in [9.17, 15) is 19.2 Å². The standard InChI is InChI=1S/C15H24N4O6S/c20-6-8(14(23)24)17-12(22)5-16-11(21)4-2-1-3-10-13-9(7-26-10)18-15(25)19-13/h8-10,13,20H,1-7H2,(H,16,21)(H,17,22)(H,23,24)(H2,18,19,25)/t8-,9-,10-,13-/m0/s1. The van der Waals surface area contributed by atoms with Crippen molar-refractivity contribution in [1.29, 1.82) is 0 Å². The number of hydrogen-bond donors (Lipinski definition) is 6. The number of carboxylic acid groups (broad SMARTS) is 1. The number of hydrogen-bond acceptors (Lipinski definition) is 6. The van der Waals surface area contributed by atoms with Crippen LogP contribution in [0.1, 0.15) is 25.7 Å². The molecule has 0 spiro atoms. The highest BCUT2D eigenvalue weighted by Gasteiger charge is 2.42. The zero-order chi connectivity index (χ0) is 19.1. The van der Waals surface area contributed by atoms with Gasteiger partial charge in [0.25, 0.3) is 0 Å². The SMILES string of the molecule is O=C(CCCC[C@@H]1SC[C@@H]2NC(=O)N[C@@H]21)NCC(=O)N[C@@H](CO)C(=O)O. The number of aliphatic hydroxyl groups excluding tert-OH is 1. The highest BCUT2D eigenvalue weighted by molar-refractivity contribution is 8.00. The summed E-state index contributed by atoms with van der Waals surface area (Å²) >= 11 is 1.82. The van der Waals surface area contributed by atoms with Crippen molar-refractivity contribution in [3.05, 3.63) is 0 Å². The maximum Gasteiger partial charge on any atom is 0.328 e. The van der Waals surface area contributed by atoms with Gasteiger partial charge in [-0.2, -0.15) is 11.8 Å².